The predicted molar refractivity (Wildman–Crippen MR) is 50.1 cm³/mol. The van der Waals surface area contributed by atoms with Crippen LogP contribution in [0.15, 0.2) is 6.07 Å². The van der Waals surface area contributed by atoms with E-state index in [0.29, 0.717) is 0 Å². The van der Waals surface area contributed by atoms with E-state index in [4.69, 9.17) is 4.74 Å². The standard InChI is InChI=1S/C10H12F2O3/c1-5(13)6-4-7(11)8(12)10(15-3)9(6)14-2/h4-5,13H,1-3H3. The average Bonchev–Trinajstić information content (AvgIpc) is 2.20. The SMILES string of the molecule is COc1c(C(C)O)cc(F)c(F)c1OC. The molecule has 0 radical (unpaired) electrons. The van der Waals surface area contributed by atoms with Gasteiger partial charge in [-0.3, -0.25) is 0 Å². The van der Waals surface area contributed by atoms with Crippen LogP contribution in [0.5, 0.6) is 11.5 Å². The van der Waals surface area contributed by atoms with Crippen LogP contribution in [0.1, 0.15) is 18.6 Å². The monoisotopic (exact) mass is 218 g/mol. The summed E-state index contributed by atoms with van der Waals surface area (Å²) < 4.78 is 35.9. The second kappa shape index (κ2) is 4.44. The molecule has 1 aromatic carbocycles. The minimum atomic E-state index is -1.13. The highest BCUT2D eigenvalue weighted by Crippen LogP contribution is 2.38. The third-order valence-corrected chi connectivity index (χ3v) is 2.02. The molecule has 0 saturated heterocycles. The maximum atomic E-state index is 13.2. The Morgan fingerprint density at radius 2 is 1.73 bits per heavy atom. The average molecular weight is 218 g/mol. The molecule has 1 rings (SSSR count). The number of aliphatic hydroxyl groups excluding tert-OH is 1. The first-order valence-electron chi connectivity index (χ1n) is 4.30. The van der Waals surface area contributed by atoms with Crippen molar-refractivity contribution in [1.29, 1.82) is 0 Å². The zero-order valence-corrected chi connectivity index (χ0v) is 8.67. The topological polar surface area (TPSA) is 38.7 Å². The fourth-order valence-corrected chi connectivity index (χ4v) is 1.31. The Morgan fingerprint density at radius 1 is 1.20 bits per heavy atom. The third-order valence-electron chi connectivity index (χ3n) is 2.02. The van der Waals surface area contributed by atoms with Crippen LogP contribution in [0.25, 0.3) is 0 Å². The van der Waals surface area contributed by atoms with Crippen molar-refractivity contribution in [2.24, 2.45) is 0 Å². The van der Waals surface area contributed by atoms with Crippen LogP contribution >= 0.6 is 0 Å². The minimum Gasteiger partial charge on any atom is -0.492 e. The van der Waals surface area contributed by atoms with Gasteiger partial charge in [0.2, 0.25) is 5.82 Å². The zero-order valence-electron chi connectivity index (χ0n) is 8.67. The zero-order chi connectivity index (χ0) is 11.6. The summed E-state index contributed by atoms with van der Waals surface area (Å²) in [5.41, 5.74) is 0.147. The van der Waals surface area contributed by atoms with Crippen LogP contribution in [0, 0.1) is 11.6 Å². The van der Waals surface area contributed by atoms with E-state index >= 15 is 0 Å². The molecule has 0 aliphatic carbocycles. The Bertz CT molecular complexity index is 364. The highest BCUT2D eigenvalue weighted by Gasteiger charge is 2.22. The molecule has 0 aromatic heterocycles. The molecule has 3 nitrogen and oxygen atoms in total. The number of aliphatic hydroxyl groups is 1. The predicted octanol–water partition coefficient (Wildman–Crippen LogP) is 2.04. The van der Waals surface area contributed by atoms with Gasteiger partial charge in [-0.25, -0.2) is 4.39 Å². The lowest BCUT2D eigenvalue weighted by Crippen LogP contribution is -2.03. The van der Waals surface area contributed by atoms with Gasteiger partial charge in [0.1, 0.15) is 0 Å². The summed E-state index contributed by atoms with van der Waals surface area (Å²) >= 11 is 0. The van der Waals surface area contributed by atoms with Gasteiger partial charge >= 0.3 is 0 Å². The molecule has 0 spiro atoms. The maximum Gasteiger partial charge on any atom is 0.204 e. The van der Waals surface area contributed by atoms with Crippen LogP contribution in [0.3, 0.4) is 0 Å². The molecular weight excluding hydrogens is 206 g/mol. The number of benzene rings is 1. The van der Waals surface area contributed by atoms with Crippen molar-refractivity contribution in [1.82, 2.24) is 0 Å². The van der Waals surface area contributed by atoms with Gasteiger partial charge in [0.25, 0.3) is 0 Å². The van der Waals surface area contributed by atoms with Crippen LogP contribution < -0.4 is 9.47 Å². The molecule has 0 bridgehead atoms. The van der Waals surface area contributed by atoms with Gasteiger partial charge in [-0.15, -0.1) is 0 Å². The van der Waals surface area contributed by atoms with E-state index in [2.05, 4.69) is 4.74 Å². The molecule has 0 aliphatic heterocycles. The molecule has 0 amide bonds. The highest BCUT2D eigenvalue weighted by atomic mass is 19.2. The minimum absolute atomic E-state index is 0.00593. The first-order valence-corrected chi connectivity index (χ1v) is 4.30. The smallest absolute Gasteiger partial charge is 0.204 e. The lowest BCUT2D eigenvalue weighted by Gasteiger charge is -2.15. The number of hydrogen-bond donors (Lipinski definition) is 1. The van der Waals surface area contributed by atoms with Gasteiger partial charge in [-0.1, -0.05) is 0 Å². The van der Waals surface area contributed by atoms with Crippen molar-refractivity contribution in [3.05, 3.63) is 23.3 Å². The van der Waals surface area contributed by atoms with E-state index < -0.39 is 17.7 Å². The first-order chi connectivity index (χ1) is 7.02. The van der Waals surface area contributed by atoms with Crippen LogP contribution in [-0.2, 0) is 0 Å². The third kappa shape index (κ3) is 2.02. The van der Waals surface area contributed by atoms with Crippen molar-refractivity contribution >= 4 is 0 Å². The maximum absolute atomic E-state index is 13.2. The van der Waals surface area contributed by atoms with Gasteiger partial charge in [-0.05, 0) is 13.0 Å². The van der Waals surface area contributed by atoms with Gasteiger partial charge in [0.05, 0.1) is 20.3 Å². The molecule has 15 heavy (non-hydrogen) atoms. The largest absolute Gasteiger partial charge is 0.492 e. The molecule has 1 aromatic rings. The van der Waals surface area contributed by atoms with E-state index in [1.165, 1.54) is 21.1 Å². The van der Waals surface area contributed by atoms with Gasteiger partial charge in [0, 0.05) is 5.56 Å². The van der Waals surface area contributed by atoms with Gasteiger partial charge in [-0.2, -0.15) is 4.39 Å². The van der Waals surface area contributed by atoms with E-state index in [9.17, 15) is 13.9 Å². The summed E-state index contributed by atoms with van der Waals surface area (Å²) in [7, 11) is 2.49. The molecular formula is C10H12F2O3. The number of methoxy groups -OCH3 is 2. The number of hydrogen-bond acceptors (Lipinski definition) is 3. The van der Waals surface area contributed by atoms with Crippen LogP contribution in [0.2, 0.25) is 0 Å². The lowest BCUT2D eigenvalue weighted by molar-refractivity contribution is 0.191. The summed E-state index contributed by atoms with van der Waals surface area (Å²) in [5.74, 6) is -2.54. The van der Waals surface area contributed by atoms with Gasteiger partial charge in [0.15, 0.2) is 17.3 Å². The molecule has 1 unspecified atom stereocenters. The second-order valence-electron chi connectivity index (χ2n) is 3.00. The Morgan fingerprint density at radius 3 is 2.13 bits per heavy atom. The molecule has 1 atom stereocenters. The molecule has 1 N–H and O–H groups in total. The number of halogens is 2. The summed E-state index contributed by atoms with van der Waals surface area (Å²) in [6.07, 6.45) is -0.969. The van der Waals surface area contributed by atoms with Crippen molar-refractivity contribution in [2.45, 2.75) is 13.0 Å². The molecule has 0 fully saturated rings. The van der Waals surface area contributed by atoms with E-state index in [0.717, 1.165) is 6.07 Å². The van der Waals surface area contributed by atoms with Gasteiger partial charge < -0.3 is 14.6 Å². The Kier molecular flexibility index (Phi) is 3.47. The van der Waals surface area contributed by atoms with E-state index in [1.54, 1.807) is 0 Å². The molecule has 0 heterocycles. The molecule has 0 aliphatic rings. The fourth-order valence-electron chi connectivity index (χ4n) is 1.31. The molecule has 84 valence electrons. The number of ether oxygens (including phenoxy) is 2. The summed E-state index contributed by atoms with van der Waals surface area (Å²) in [4.78, 5) is 0. The fraction of sp³-hybridized carbons (Fsp3) is 0.400. The summed E-state index contributed by atoms with van der Waals surface area (Å²) in [5, 5.41) is 9.35. The van der Waals surface area contributed by atoms with Crippen molar-refractivity contribution in [2.75, 3.05) is 14.2 Å². The van der Waals surface area contributed by atoms with Crippen molar-refractivity contribution in [3.8, 4) is 11.5 Å². The lowest BCUT2D eigenvalue weighted by atomic mass is 10.1. The van der Waals surface area contributed by atoms with Crippen molar-refractivity contribution < 1.29 is 23.4 Å². The second-order valence-corrected chi connectivity index (χ2v) is 3.00. The van der Waals surface area contributed by atoms with Crippen LogP contribution in [-0.4, -0.2) is 19.3 Å². The van der Waals surface area contributed by atoms with Crippen LogP contribution in [0.4, 0.5) is 8.78 Å². The summed E-state index contributed by atoms with van der Waals surface area (Å²) in [6.45, 7) is 1.43. The molecule has 0 saturated carbocycles. The normalized spacial score (nSPS) is 12.4. The number of rotatable bonds is 3. The summed E-state index contributed by atoms with van der Waals surface area (Å²) in [6, 6.07) is 0.890. The quantitative estimate of drug-likeness (QED) is 0.843. The Labute approximate surface area is 86.2 Å². The van der Waals surface area contributed by atoms with E-state index in [-0.39, 0.29) is 17.1 Å². The highest BCUT2D eigenvalue weighted by molar-refractivity contribution is 5.49. The van der Waals surface area contributed by atoms with Crippen molar-refractivity contribution in [3.63, 3.8) is 0 Å². The molecule has 5 heteroatoms. The Hall–Kier alpha value is -1.36. The Balaban J connectivity index is 3.47. The van der Waals surface area contributed by atoms with E-state index in [1.807, 2.05) is 0 Å². The first kappa shape index (κ1) is 11.7.